The number of aromatic nitrogens is 3. The lowest BCUT2D eigenvalue weighted by Gasteiger charge is -2.36. The number of benzene rings is 1. The number of amides is 1. The molecule has 1 aromatic carbocycles. The summed E-state index contributed by atoms with van der Waals surface area (Å²) in [5.74, 6) is 0.0503. The summed E-state index contributed by atoms with van der Waals surface area (Å²) in [6.45, 7) is 3.05. The van der Waals surface area contributed by atoms with Gasteiger partial charge in [0.25, 0.3) is 0 Å². The van der Waals surface area contributed by atoms with E-state index in [1.54, 1.807) is 18.5 Å². The van der Waals surface area contributed by atoms with E-state index in [0.717, 1.165) is 18.8 Å². The molecule has 116 valence electrons. The van der Waals surface area contributed by atoms with E-state index in [-0.39, 0.29) is 12.5 Å². The molecule has 0 N–H and O–H groups in total. The maximum atomic E-state index is 12.2. The first-order valence-corrected chi connectivity index (χ1v) is 7.70. The van der Waals surface area contributed by atoms with Gasteiger partial charge in [0.15, 0.2) is 0 Å². The SMILES string of the molecule is O=C(Cn1ccnn1)N1CCN(c2cc(Cl)cc(Cl)c2)CC1. The molecule has 3 rings (SSSR count). The number of carbonyl (C=O) groups excluding carboxylic acids is 1. The third kappa shape index (κ3) is 3.51. The average molecular weight is 340 g/mol. The van der Waals surface area contributed by atoms with E-state index < -0.39 is 0 Å². The van der Waals surface area contributed by atoms with Gasteiger partial charge in [0, 0.05) is 48.1 Å². The van der Waals surface area contributed by atoms with E-state index in [1.165, 1.54) is 4.68 Å². The number of piperazine rings is 1. The Labute approximate surface area is 138 Å². The van der Waals surface area contributed by atoms with Gasteiger partial charge in [-0.15, -0.1) is 5.10 Å². The van der Waals surface area contributed by atoms with Gasteiger partial charge in [-0.1, -0.05) is 28.4 Å². The molecule has 0 saturated carbocycles. The fourth-order valence-corrected chi connectivity index (χ4v) is 3.01. The van der Waals surface area contributed by atoms with Crippen LogP contribution in [0.25, 0.3) is 0 Å². The van der Waals surface area contributed by atoms with Gasteiger partial charge in [-0.05, 0) is 18.2 Å². The van der Waals surface area contributed by atoms with Gasteiger partial charge >= 0.3 is 0 Å². The molecule has 1 saturated heterocycles. The number of nitrogens with zero attached hydrogens (tertiary/aromatic N) is 5. The van der Waals surface area contributed by atoms with Crippen molar-refractivity contribution in [1.29, 1.82) is 0 Å². The summed E-state index contributed by atoms with van der Waals surface area (Å²) in [5.41, 5.74) is 0.987. The molecule has 0 unspecified atom stereocenters. The Morgan fingerprint density at radius 1 is 1.09 bits per heavy atom. The zero-order chi connectivity index (χ0) is 15.5. The normalized spacial score (nSPS) is 15.2. The Morgan fingerprint density at radius 2 is 1.77 bits per heavy atom. The number of carbonyl (C=O) groups is 1. The summed E-state index contributed by atoms with van der Waals surface area (Å²) >= 11 is 12.1. The molecule has 0 bridgehead atoms. The number of hydrogen-bond donors (Lipinski definition) is 0. The van der Waals surface area contributed by atoms with E-state index in [4.69, 9.17) is 23.2 Å². The van der Waals surface area contributed by atoms with Crippen LogP contribution in [0.5, 0.6) is 0 Å². The molecule has 1 aliphatic rings. The molecule has 1 fully saturated rings. The van der Waals surface area contributed by atoms with Gasteiger partial charge in [-0.3, -0.25) is 4.79 Å². The molecular formula is C14H15Cl2N5O. The predicted octanol–water partition coefficient (Wildman–Crippen LogP) is 1.93. The van der Waals surface area contributed by atoms with Gasteiger partial charge in [0.1, 0.15) is 6.54 Å². The minimum Gasteiger partial charge on any atom is -0.368 e. The van der Waals surface area contributed by atoms with Crippen molar-refractivity contribution < 1.29 is 4.79 Å². The van der Waals surface area contributed by atoms with Crippen molar-refractivity contribution in [2.45, 2.75) is 6.54 Å². The van der Waals surface area contributed by atoms with Crippen LogP contribution in [-0.4, -0.2) is 52.0 Å². The van der Waals surface area contributed by atoms with Crippen molar-refractivity contribution in [2.24, 2.45) is 0 Å². The second-order valence-corrected chi connectivity index (χ2v) is 5.97. The van der Waals surface area contributed by atoms with Gasteiger partial charge in [-0.2, -0.15) is 0 Å². The van der Waals surface area contributed by atoms with Crippen LogP contribution in [0.1, 0.15) is 0 Å². The third-order valence-electron chi connectivity index (χ3n) is 3.61. The average Bonchev–Trinajstić information content (AvgIpc) is 2.99. The first kappa shape index (κ1) is 15.1. The second kappa shape index (κ2) is 6.54. The third-order valence-corrected chi connectivity index (χ3v) is 4.05. The molecule has 1 amide bonds. The standard InChI is InChI=1S/C14H15Cl2N5O/c15-11-7-12(16)9-13(8-11)19-3-5-20(6-4-19)14(22)10-21-2-1-17-18-21/h1-2,7-9H,3-6,10H2. The number of halogens is 2. The Bertz CT molecular complexity index is 633. The fourth-order valence-electron chi connectivity index (χ4n) is 2.49. The van der Waals surface area contributed by atoms with Crippen LogP contribution >= 0.6 is 23.2 Å². The topological polar surface area (TPSA) is 54.3 Å². The zero-order valence-corrected chi connectivity index (χ0v) is 13.3. The van der Waals surface area contributed by atoms with Gasteiger partial charge in [0.2, 0.25) is 5.91 Å². The van der Waals surface area contributed by atoms with E-state index >= 15 is 0 Å². The summed E-state index contributed by atoms with van der Waals surface area (Å²) in [7, 11) is 0. The van der Waals surface area contributed by atoms with Crippen LogP contribution in [0.2, 0.25) is 10.0 Å². The maximum Gasteiger partial charge on any atom is 0.244 e. The Balaban J connectivity index is 1.59. The molecular weight excluding hydrogens is 325 g/mol. The monoisotopic (exact) mass is 339 g/mol. The quantitative estimate of drug-likeness (QED) is 0.857. The molecule has 0 spiro atoms. The molecule has 6 nitrogen and oxygen atoms in total. The highest BCUT2D eigenvalue weighted by molar-refractivity contribution is 6.35. The van der Waals surface area contributed by atoms with Crippen molar-refractivity contribution in [1.82, 2.24) is 19.9 Å². The van der Waals surface area contributed by atoms with E-state index in [9.17, 15) is 4.79 Å². The summed E-state index contributed by atoms with van der Waals surface area (Å²) in [4.78, 5) is 16.2. The second-order valence-electron chi connectivity index (χ2n) is 5.10. The molecule has 2 heterocycles. The van der Waals surface area contributed by atoms with Crippen LogP contribution in [0.15, 0.2) is 30.6 Å². The van der Waals surface area contributed by atoms with Gasteiger partial charge < -0.3 is 9.80 Å². The van der Waals surface area contributed by atoms with Crippen molar-refractivity contribution in [3.05, 3.63) is 40.6 Å². The molecule has 0 atom stereocenters. The molecule has 1 aliphatic heterocycles. The highest BCUT2D eigenvalue weighted by atomic mass is 35.5. The fraction of sp³-hybridized carbons (Fsp3) is 0.357. The Hall–Kier alpha value is -1.79. The van der Waals surface area contributed by atoms with Crippen molar-refractivity contribution in [3.8, 4) is 0 Å². The molecule has 0 aliphatic carbocycles. The van der Waals surface area contributed by atoms with E-state index in [2.05, 4.69) is 15.2 Å². The lowest BCUT2D eigenvalue weighted by Crippen LogP contribution is -2.49. The lowest BCUT2D eigenvalue weighted by molar-refractivity contribution is -0.132. The highest BCUT2D eigenvalue weighted by Gasteiger charge is 2.22. The smallest absolute Gasteiger partial charge is 0.244 e. The number of hydrogen-bond acceptors (Lipinski definition) is 4. The van der Waals surface area contributed by atoms with Gasteiger partial charge in [0.05, 0.1) is 6.20 Å². The van der Waals surface area contributed by atoms with Crippen LogP contribution in [0.3, 0.4) is 0 Å². The van der Waals surface area contributed by atoms with Crippen LogP contribution in [0.4, 0.5) is 5.69 Å². The van der Waals surface area contributed by atoms with Crippen LogP contribution < -0.4 is 4.90 Å². The van der Waals surface area contributed by atoms with Crippen molar-refractivity contribution in [2.75, 3.05) is 31.1 Å². The summed E-state index contributed by atoms with van der Waals surface area (Å²) in [6, 6.07) is 5.49. The summed E-state index contributed by atoms with van der Waals surface area (Å²) in [6.07, 6.45) is 3.25. The number of anilines is 1. The van der Waals surface area contributed by atoms with Crippen molar-refractivity contribution >= 4 is 34.8 Å². The maximum absolute atomic E-state index is 12.2. The predicted molar refractivity (Wildman–Crippen MR) is 85.3 cm³/mol. The van der Waals surface area contributed by atoms with E-state index in [1.807, 2.05) is 17.0 Å². The zero-order valence-electron chi connectivity index (χ0n) is 11.8. The van der Waals surface area contributed by atoms with Crippen LogP contribution in [-0.2, 0) is 11.3 Å². The minimum absolute atomic E-state index is 0.0503. The summed E-state index contributed by atoms with van der Waals surface area (Å²) in [5, 5.41) is 8.75. The highest BCUT2D eigenvalue weighted by Crippen LogP contribution is 2.26. The molecule has 22 heavy (non-hydrogen) atoms. The number of rotatable bonds is 3. The summed E-state index contributed by atoms with van der Waals surface area (Å²) < 4.78 is 1.53. The van der Waals surface area contributed by atoms with Crippen LogP contribution in [0, 0.1) is 0 Å². The van der Waals surface area contributed by atoms with Gasteiger partial charge in [-0.25, -0.2) is 4.68 Å². The lowest BCUT2D eigenvalue weighted by atomic mass is 10.2. The first-order valence-electron chi connectivity index (χ1n) is 6.95. The van der Waals surface area contributed by atoms with E-state index in [0.29, 0.717) is 23.1 Å². The largest absolute Gasteiger partial charge is 0.368 e. The molecule has 2 aromatic rings. The Morgan fingerprint density at radius 3 is 2.36 bits per heavy atom. The molecule has 0 radical (unpaired) electrons. The minimum atomic E-state index is 0.0503. The van der Waals surface area contributed by atoms with Crippen molar-refractivity contribution in [3.63, 3.8) is 0 Å². The molecule has 8 heteroatoms. The first-order chi connectivity index (χ1) is 10.6. The molecule has 1 aromatic heterocycles. The Kier molecular flexibility index (Phi) is 4.49.